The molecule has 0 saturated heterocycles. The summed E-state index contributed by atoms with van der Waals surface area (Å²) in [6, 6.07) is 5.81. The van der Waals surface area contributed by atoms with Crippen molar-refractivity contribution in [2.45, 2.75) is 32.7 Å². The van der Waals surface area contributed by atoms with Gasteiger partial charge in [-0.15, -0.1) is 11.3 Å². The number of aromatic nitrogens is 1. The summed E-state index contributed by atoms with van der Waals surface area (Å²) in [6.07, 6.45) is 2.07. The molecule has 0 aliphatic heterocycles. The van der Waals surface area contributed by atoms with Crippen LogP contribution in [0, 0.1) is 0 Å². The minimum Gasteiger partial charge on any atom is -0.330 e. The van der Waals surface area contributed by atoms with Gasteiger partial charge in [0, 0.05) is 22.9 Å². The van der Waals surface area contributed by atoms with E-state index in [-0.39, 0.29) is 0 Å². The van der Waals surface area contributed by atoms with Gasteiger partial charge < -0.3 is 10.6 Å². The lowest BCUT2D eigenvalue weighted by atomic mass is 10.2. The van der Waals surface area contributed by atoms with Crippen LogP contribution in [0.5, 0.6) is 0 Å². The van der Waals surface area contributed by atoms with Crippen molar-refractivity contribution in [3.8, 4) is 0 Å². The Balaban J connectivity index is 1.96. The number of thiazole rings is 1. The number of hydrogen-bond acceptors (Lipinski definition) is 4. The smallest absolute Gasteiger partial charge is 0.187 e. The Kier molecular flexibility index (Phi) is 6.30. The molecule has 2 aromatic rings. The Bertz CT molecular complexity index is 586. The predicted molar refractivity (Wildman–Crippen MR) is 93.3 cm³/mol. The van der Waals surface area contributed by atoms with E-state index >= 15 is 0 Å². The number of halogens is 2. The molecule has 2 rings (SSSR count). The highest BCUT2D eigenvalue weighted by Gasteiger charge is 2.08. The molecule has 1 aromatic heterocycles. The normalized spacial score (nSPS) is 12.4. The minimum atomic E-state index is 0.430. The van der Waals surface area contributed by atoms with Crippen LogP contribution in [0.2, 0.25) is 10.0 Å². The zero-order valence-electron chi connectivity index (χ0n) is 12.1. The Morgan fingerprint density at radius 2 is 2.14 bits per heavy atom. The first-order valence-electron chi connectivity index (χ1n) is 6.98. The van der Waals surface area contributed by atoms with E-state index in [0.29, 0.717) is 16.1 Å². The van der Waals surface area contributed by atoms with Gasteiger partial charge in [-0.05, 0) is 38.1 Å². The molecule has 6 heteroatoms. The van der Waals surface area contributed by atoms with Crippen molar-refractivity contribution < 1.29 is 0 Å². The second-order valence-corrected chi connectivity index (χ2v) is 6.65. The van der Waals surface area contributed by atoms with Crippen molar-refractivity contribution >= 4 is 45.4 Å². The van der Waals surface area contributed by atoms with E-state index in [1.807, 2.05) is 6.07 Å². The lowest BCUT2D eigenvalue weighted by Gasteiger charge is -2.11. The van der Waals surface area contributed by atoms with Crippen molar-refractivity contribution in [3.05, 3.63) is 39.3 Å². The summed E-state index contributed by atoms with van der Waals surface area (Å²) in [4.78, 5) is 4.59. The minimum absolute atomic E-state index is 0.430. The Labute approximate surface area is 139 Å². The molecule has 0 aliphatic rings. The molecule has 3 nitrogen and oxygen atoms in total. The molecular formula is C15H19Cl2N3S. The van der Waals surface area contributed by atoms with Crippen molar-refractivity contribution in [1.29, 1.82) is 0 Å². The highest BCUT2D eigenvalue weighted by molar-refractivity contribution is 7.13. The average molecular weight is 344 g/mol. The van der Waals surface area contributed by atoms with Crippen LogP contribution in [-0.4, -0.2) is 17.6 Å². The third-order valence-electron chi connectivity index (χ3n) is 2.98. The van der Waals surface area contributed by atoms with Crippen molar-refractivity contribution in [2.24, 2.45) is 0 Å². The first-order valence-corrected chi connectivity index (χ1v) is 8.62. The number of hydrogen-bond donors (Lipinski definition) is 2. The molecule has 0 spiro atoms. The monoisotopic (exact) mass is 343 g/mol. The zero-order valence-corrected chi connectivity index (χ0v) is 14.4. The lowest BCUT2D eigenvalue weighted by Crippen LogP contribution is -2.28. The second kappa shape index (κ2) is 7.99. The van der Waals surface area contributed by atoms with Gasteiger partial charge >= 0.3 is 0 Å². The Morgan fingerprint density at radius 1 is 1.33 bits per heavy atom. The van der Waals surface area contributed by atoms with Gasteiger partial charge in [0.15, 0.2) is 5.13 Å². The van der Waals surface area contributed by atoms with Gasteiger partial charge in [-0.2, -0.15) is 0 Å². The molecular weight excluding hydrogens is 325 g/mol. The number of nitrogens with one attached hydrogen (secondary N) is 2. The summed E-state index contributed by atoms with van der Waals surface area (Å²) in [5, 5.41) is 10.8. The molecule has 0 aliphatic carbocycles. The summed E-state index contributed by atoms with van der Waals surface area (Å²) >= 11 is 13.6. The van der Waals surface area contributed by atoms with Gasteiger partial charge in [-0.3, -0.25) is 0 Å². The molecule has 0 saturated carbocycles. The molecule has 1 unspecified atom stereocenters. The SMILES string of the molecule is CCCNC(C)Cc1csc(Nc2ccc(Cl)cc2Cl)n1. The molecule has 0 bridgehead atoms. The van der Waals surface area contributed by atoms with Gasteiger partial charge in [0.25, 0.3) is 0 Å². The molecule has 0 fully saturated rings. The fraction of sp³-hybridized carbons (Fsp3) is 0.400. The van der Waals surface area contributed by atoms with E-state index < -0.39 is 0 Å². The molecule has 114 valence electrons. The van der Waals surface area contributed by atoms with Crippen LogP contribution >= 0.6 is 34.5 Å². The average Bonchev–Trinajstić information content (AvgIpc) is 2.87. The molecule has 21 heavy (non-hydrogen) atoms. The molecule has 1 atom stereocenters. The van der Waals surface area contributed by atoms with E-state index in [1.165, 1.54) is 0 Å². The Hall–Kier alpha value is -0.810. The van der Waals surface area contributed by atoms with Crippen LogP contribution in [0.1, 0.15) is 26.0 Å². The fourth-order valence-corrected chi connectivity index (χ4v) is 3.13. The van der Waals surface area contributed by atoms with E-state index in [2.05, 4.69) is 34.8 Å². The highest BCUT2D eigenvalue weighted by atomic mass is 35.5. The first kappa shape index (κ1) is 16.6. The van der Waals surface area contributed by atoms with E-state index in [9.17, 15) is 0 Å². The summed E-state index contributed by atoms with van der Waals surface area (Å²) in [6.45, 7) is 5.38. The lowest BCUT2D eigenvalue weighted by molar-refractivity contribution is 0.540. The molecule has 2 N–H and O–H groups in total. The maximum absolute atomic E-state index is 6.15. The van der Waals surface area contributed by atoms with Crippen molar-refractivity contribution in [2.75, 3.05) is 11.9 Å². The van der Waals surface area contributed by atoms with Crippen LogP contribution in [0.25, 0.3) is 0 Å². The zero-order chi connectivity index (χ0) is 15.2. The van der Waals surface area contributed by atoms with Crippen LogP contribution < -0.4 is 10.6 Å². The predicted octanol–water partition coefficient (Wildman–Crippen LogP) is 5.12. The van der Waals surface area contributed by atoms with E-state index in [1.54, 1.807) is 23.5 Å². The van der Waals surface area contributed by atoms with Crippen LogP contribution in [0.3, 0.4) is 0 Å². The third-order valence-corrected chi connectivity index (χ3v) is 4.34. The number of rotatable bonds is 7. The van der Waals surface area contributed by atoms with E-state index in [4.69, 9.17) is 23.2 Å². The summed E-state index contributed by atoms with van der Waals surface area (Å²) in [5.74, 6) is 0. The number of anilines is 2. The number of nitrogens with zero attached hydrogens (tertiary/aromatic N) is 1. The maximum atomic E-state index is 6.15. The van der Waals surface area contributed by atoms with Crippen molar-refractivity contribution in [1.82, 2.24) is 10.3 Å². The number of benzene rings is 1. The van der Waals surface area contributed by atoms with Gasteiger partial charge in [-0.1, -0.05) is 30.1 Å². The van der Waals surface area contributed by atoms with Crippen LogP contribution in [-0.2, 0) is 6.42 Å². The molecule has 1 aromatic carbocycles. The van der Waals surface area contributed by atoms with E-state index in [0.717, 1.165) is 35.9 Å². The summed E-state index contributed by atoms with van der Waals surface area (Å²) < 4.78 is 0. The third kappa shape index (κ3) is 5.15. The van der Waals surface area contributed by atoms with Crippen molar-refractivity contribution in [3.63, 3.8) is 0 Å². The van der Waals surface area contributed by atoms with Gasteiger partial charge in [0.2, 0.25) is 0 Å². The van der Waals surface area contributed by atoms with Gasteiger partial charge in [-0.25, -0.2) is 4.98 Å². The summed E-state index contributed by atoms with van der Waals surface area (Å²) in [7, 11) is 0. The standard InChI is InChI=1S/C15H19Cl2N3S/c1-3-6-18-10(2)7-12-9-21-15(19-12)20-14-5-4-11(16)8-13(14)17/h4-5,8-10,18H,3,6-7H2,1-2H3,(H,19,20). The molecule has 0 amide bonds. The molecule has 1 heterocycles. The second-order valence-electron chi connectivity index (χ2n) is 4.95. The fourth-order valence-electron chi connectivity index (χ4n) is 1.94. The largest absolute Gasteiger partial charge is 0.330 e. The van der Waals surface area contributed by atoms with Gasteiger partial charge in [0.05, 0.1) is 16.4 Å². The highest BCUT2D eigenvalue weighted by Crippen LogP contribution is 2.29. The van der Waals surface area contributed by atoms with Crippen LogP contribution in [0.4, 0.5) is 10.8 Å². The van der Waals surface area contributed by atoms with Crippen LogP contribution in [0.15, 0.2) is 23.6 Å². The first-order chi connectivity index (χ1) is 10.1. The quantitative estimate of drug-likeness (QED) is 0.732. The topological polar surface area (TPSA) is 37.0 Å². The Morgan fingerprint density at radius 3 is 2.86 bits per heavy atom. The van der Waals surface area contributed by atoms with Gasteiger partial charge in [0.1, 0.15) is 0 Å². The summed E-state index contributed by atoms with van der Waals surface area (Å²) in [5.41, 5.74) is 1.91. The molecule has 0 radical (unpaired) electrons. The maximum Gasteiger partial charge on any atom is 0.187 e.